The fraction of sp³-hybridized carbons (Fsp3) is 0.273. The maximum Gasteiger partial charge on any atom is 0.282 e. The maximum absolute atomic E-state index is 13.4. The van der Waals surface area contributed by atoms with E-state index >= 15 is 0 Å². The van der Waals surface area contributed by atoms with Crippen LogP contribution in [0.5, 0.6) is 0 Å². The molecule has 2 aliphatic heterocycles. The molecule has 0 spiro atoms. The van der Waals surface area contributed by atoms with Crippen LogP contribution in [0.25, 0.3) is 5.57 Å². The van der Waals surface area contributed by atoms with Crippen molar-refractivity contribution >= 4 is 34.7 Å². The number of hydrogen-bond acceptors (Lipinski definition) is 4. The monoisotopic (exact) mass is 396 g/mol. The van der Waals surface area contributed by atoms with Gasteiger partial charge in [0.2, 0.25) is 0 Å². The number of aliphatic hydroxyl groups is 1. The zero-order chi connectivity index (χ0) is 19.7. The predicted octanol–water partition coefficient (Wildman–Crippen LogP) is 3.33. The number of hydrogen-bond donors (Lipinski definition) is 1. The first kappa shape index (κ1) is 18.7. The molecule has 1 unspecified atom stereocenters. The molecule has 1 saturated heterocycles. The van der Waals surface area contributed by atoms with E-state index in [0.29, 0.717) is 40.6 Å². The SMILES string of the molecule is O=C1C(c2ccccc2)=C(N2CCCC(CO)C2)C(=O)N1c1ccccc1Cl. The summed E-state index contributed by atoms with van der Waals surface area (Å²) in [5.41, 5.74) is 1.88. The fourth-order valence-electron chi connectivity index (χ4n) is 3.95. The second-order valence-corrected chi connectivity index (χ2v) is 7.53. The summed E-state index contributed by atoms with van der Waals surface area (Å²) in [5.74, 6) is -0.642. The standard InChI is InChI=1S/C22H21ClN2O3/c23-17-10-4-5-11-18(17)25-21(27)19(16-8-2-1-3-9-16)20(22(25)28)24-12-6-7-15(13-24)14-26/h1-5,8-11,15,26H,6-7,12-14H2. The highest BCUT2D eigenvalue weighted by molar-refractivity contribution is 6.47. The van der Waals surface area contributed by atoms with Crippen molar-refractivity contribution in [2.75, 3.05) is 24.6 Å². The Morgan fingerprint density at radius 3 is 2.43 bits per heavy atom. The van der Waals surface area contributed by atoms with Crippen LogP contribution in [0, 0.1) is 5.92 Å². The van der Waals surface area contributed by atoms with Gasteiger partial charge < -0.3 is 10.0 Å². The van der Waals surface area contributed by atoms with Gasteiger partial charge in [-0.15, -0.1) is 0 Å². The lowest BCUT2D eigenvalue weighted by Gasteiger charge is -2.34. The highest BCUT2D eigenvalue weighted by atomic mass is 35.5. The number of aliphatic hydroxyl groups excluding tert-OH is 1. The van der Waals surface area contributed by atoms with Gasteiger partial charge in [0.15, 0.2) is 0 Å². The lowest BCUT2D eigenvalue weighted by molar-refractivity contribution is -0.120. The van der Waals surface area contributed by atoms with Crippen LogP contribution >= 0.6 is 11.6 Å². The normalized spacial score (nSPS) is 20.3. The van der Waals surface area contributed by atoms with Crippen LogP contribution in [0.4, 0.5) is 5.69 Å². The van der Waals surface area contributed by atoms with E-state index in [0.717, 1.165) is 12.8 Å². The molecular formula is C22H21ClN2O3. The summed E-state index contributed by atoms with van der Waals surface area (Å²) >= 11 is 6.30. The highest BCUT2D eigenvalue weighted by Gasteiger charge is 2.43. The van der Waals surface area contributed by atoms with E-state index in [2.05, 4.69) is 0 Å². The van der Waals surface area contributed by atoms with E-state index in [1.165, 1.54) is 4.90 Å². The Kier molecular flexibility index (Phi) is 5.20. The fourth-order valence-corrected chi connectivity index (χ4v) is 4.17. The van der Waals surface area contributed by atoms with Crippen molar-refractivity contribution in [3.8, 4) is 0 Å². The van der Waals surface area contributed by atoms with Crippen molar-refractivity contribution in [3.05, 3.63) is 70.9 Å². The van der Waals surface area contributed by atoms with Crippen molar-refractivity contribution < 1.29 is 14.7 Å². The number of rotatable bonds is 4. The van der Waals surface area contributed by atoms with Gasteiger partial charge in [-0.25, -0.2) is 4.90 Å². The van der Waals surface area contributed by atoms with Crippen molar-refractivity contribution in [1.29, 1.82) is 0 Å². The first-order valence-corrected chi connectivity index (χ1v) is 9.78. The number of amides is 2. The predicted molar refractivity (Wildman–Crippen MR) is 109 cm³/mol. The van der Waals surface area contributed by atoms with E-state index in [1.807, 2.05) is 35.2 Å². The zero-order valence-corrected chi connectivity index (χ0v) is 16.1. The lowest BCUT2D eigenvalue weighted by Crippen LogP contribution is -2.40. The number of carbonyl (C=O) groups excluding carboxylic acids is 2. The quantitative estimate of drug-likeness (QED) is 0.805. The molecule has 0 aromatic heterocycles. The van der Waals surface area contributed by atoms with E-state index in [4.69, 9.17) is 11.6 Å². The van der Waals surface area contributed by atoms with Crippen LogP contribution in [0.1, 0.15) is 18.4 Å². The summed E-state index contributed by atoms with van der Waals surface area (Å²) < 4.78 is 0. The lowest BCUT2D eigenvalue weighted by atomic mass is 9.97. The van der Waals surface area contributed by atoms with Crippen LogP contribution < -0.4 is 4.90 Å². The third kappa shape index (κ3) is 3.21. The van der Waals surface area contributed by atoms with Crippen LogP contribution in [-0.2, 0) is 9.59 Å². The van der Waals surface area contributed by atoms with Crippen molar-refractivity contribution in [1.82, 2.24) is 4.90 Å². The Hall–Kier alpha value is -2.63. The summed E-state index contributed by atoms with van der Waals surface area (Å²) in [6.07, 6.45) is 1.78. The number of carbonyl (C=O) groups is 2. The van der Waals surface area contributed by atoms with E-state index in [1.54, 1.807) is 24.3 Å². The Morgan fingerprint density at radius 1 is 1.00 bits per heavy atom. The average molecular weight is 397 g/mol. The van der Waals surface area contributed by atoms with Gasteiger partial charge in [-0.3, -0.25) is 9.59 Å². The number of nitrogens with zero attached hydrogens (tertiary/aromatic N) is 2. The molecule has 1 atom stereocenters. The Balaban J connectivity index is 1.82. The second kappa shape index (κ2) is 7.78. The minimum absolute atomic E-state index is 0.0703. The van der Waals surface area contributed by atoms with Gasteiger partial charge in [-0.05, 0) is 36.5 Å². The number of likely N-dealkylation sites (tertiary alicyclic amines) is 1. The molecule has 2 aromatic rings. The number of benzene rings is 2. The van der Waals surface area contributed by atoms with Gasteiger partial charge >= 0.3 is 0 Å². The molecule has 1 fully saturated rings. The topological polar surface area (TPSA) is 60.9 Å². The van der Waals surface area contributed by atoms with Gasteiger partial charge in [0.1, 0.15) is 5.70 Å². The molecule has 0 bridgehead atoms. The van der Waals surface area contributed by atoms with Crippen molar-refractivity contribution in [2.45, 2.75) is 12.8 Å². The molecule has 2 heterocycles. The molecule has 0 aliphatic carbocycles. The summed E-state index contributed by atoms with van der Waals surface area (Å²) in [7, 11) is 0. The minimum atomic E-state index is -0.370. The second-order valence-electron chi connectivity index (χ2n) is 7.12. The summed E-state index contributed by atoms with van der Waals surface area (Å²) in [6.45, 7) is 1.30. The maximum atomic E-state index is 13.4. The van der Waals surface area contributed by atoms with Gasteiger partial charge in [0, 0.05) is 19.7 Å². The smallest absolute Gasteiger partial charge is 0.282 e. The van der Waals surface area contributed by atoms with Crippen LogP contribution in [0.2, 0.25) is 5.02 Å². The molecule has 1 N–H and O–H groups in total. The van der Waals surface area contributed by atoms with E-state index in [-0.39, 0.29) is 24.3 Å². The Bertz CT molecular complexity index is 942. The first-order valence-electron chi connectivity index (χ1n) is 9.40. The van der Waals surface area contributed by atoms with Crippen LogP contribution in [-0.4, -0.2) is 41.5 Å². The van der Waals surface area contributed by atoms with Gasteiger partial charge in [-0.2, -0.15) is 0 Å². The zero-order valence-electron chi connectivity index (χ0n) is 15.3. The van der Waals surface area contributed by atoms with Crippen molar-refractivity contribution in [2.24, 2.45) is 5.92 Å². The number of imide groups is 1. The van der Waals surface area contributed by atoms with Crippen LogP contribution in [0.15, 0.2) is 60.3 Å². The third-order valence-corrected chi connectivity index (χ3v) is 5.63. The molecule has 2 amide bonds. The van der Waals surface area contributed by atoms with Crippen molar-refractivity contribution in [3.63, 3.8) is 0 Å². The van der Waals surface area contributed by atoms with Gasteiger partial charge in [0.05, 0.1) is 16.3 Å². The molecule has 2 aliphatic rings. The average Bonchev–Trinajstić information content (AvgIpc) is 2.99. The molecule has 144 valence electrons. The summed E-state index contributed by atoms with van der Waals surface area (Å²) in [4.78, 5) is 29.9. The van der Waals surface area contributed by atoms with E-state index < -0.39 is 0 Å². The van der Waals surface area contributed by atoms with Gasteiger partial charge in [-0.1, -0.05) is 54.1 Å². The molecule has 0 radical (unpaired) electrons. The summed E-state index contributed by atoms with van der Waals surface area (Å²) in [6, 6.07) is 16.1. The molecule has 0 saturated carbocycles. The first-order chi connectivity index (χ1) is 13.6. The molecule has 6 heteroatoms. The number of piperidine rings is 1. The van der Waals surface area contributed by atoms with Crippen LogP contribution in [0.3, 0.4) is 0 Å². The Morgan fingerprint density at radius 2 is 1.71 bits per heavy atom. The number of halogens is 1. The molecule has 28 heavy (non-hydrogen) atoms. The number of para-hydroxylation sites is 1. The summed E-state index contributed by atoms with van der Waals surface area (Å²) in [5, 5.41) is 9.95. The Labute approximate surface area is 168 Å². The highest BCUT2D eigenvalue weighted by Crippen LogP contribution is 2.38. The minimum Gasteiger partial charge on any atom is -0.396 e. The molecule has 2 aromatic carbocycles. The van der Waals surface area contributed by atoms with Gasteiger partial charge in [0.25, 0.3) is 11.8 Å². The molecule has 4 rings (SSSR count). The third-order valence-electron chi connectivity index (χ3n) is 5.31. The molecule has 5 nitrogen and oxygen atoms in total. The molecular weight excluding hydrogens is 376 g/mol. The van der Waals surface area contributed by atoms with E-state index in [9.17, 15) is 14.7 Å². The number of anilines is 1. The largest absolute Gasteiger partial charge is 0.396 e.